The SMILES string of the molecule is CCc1nnc(NC(=O)C2=Cc3ccccc3OC2)s1. The van der Waals surface area contributed by atoms with Gasteiger partial charge in [0.2, 0.25) is 5.13 Å². The summed E-state index contributed by atoms with van der Waals surface area (Å²) in [6.45, 7) is 2.27. The molecule has 0 radical (unpaired) electrons. The number of rotatable bonds is 3. The first kappa shape index (κ1) is 12.8. The molecule has 102 valence electrons. The molecule has 3 rings (SSSR count). The molecule has 0 fully saturated rings. The number of aromatic nitrogens is 2. The summed E-state index contributed by atoms with van der Waals surface area (Å²) in [6.07, 6.45) is 2.66. The lowest BCUT2D eigenvalue weighted by Gasteiger charge is -2.16. The topological polar surface area (TPSA) is 64.1 Å². The average molecular weight is 287 g/mol. The smallest absolute Gasteiger partial charge is 0.256 e. The van der Waals surface area contributed by atoms with E-state index in [1.807, 2.05) is 37.3 Å². The van der Waals surface area contributed by atoms with Crippen molar-refractivity contribution in [3.63, 3.8) is 0 Å². The molecule has 0 unspecified atom stereocenters. The molecular weight excluding hydrogens is 274 g/mol. The van der Waals surface area contributed by atoms with E-state index in [4.69, 9.17) is 4.74 Å². The van der Waals surface area contributed by atoms with Crippen LogP contribution in [0.5, 0.6) is 5.75 Å². The number of hydrogen-bond acceptors (Lipinski definition) is 5. The van der Waals surface area contributed by atoms with Crippen molar-refractivity contribution in [1.82, 2.24) is 10.2 Å². The summed E-state index contributed by atoms with van der Waals surface area (Å²) >= 11 is 1.39. The molecule has 20 heavy (non-hydrogen) atoms. The third-order valence-electron chi connectivity index (χ3n) is 2.91. The molecular formula is C14H13N3O2S. The highest BCUT2D eigenvalue weighted by Gasteiger charge is 2.18. The van der Waals surface area contributed by atoms with E-state index < -0.39 is 0 Å². The number of carbonyl (C=O) groups excluding carboxylic acids is 1. The van der Waals surface area contributed by atoms with Gasteiger partial charge in [0.25, 0.3) is 5.91 Å². The fraction of sp³-hybridized carbons (Fsp3) is 0.214. The summed E-state index contributed by atoms with van der Waals surface area (Å²) in [4.78, 5) is 12.2. The number of nitrogens with zero attached hydrogens (tertiary/aromatic N) is 2. The summed E-state index contributed by atoms with van der Waals surface area (Å²) in [6, 6.07) is 7.63. The Labute approximate surface area is 120 Å². The number of amides is 1. The molecule has 0 bridgehead atoms. The van der Waals surface area contributed by atoms with E-state index in [-0.39, 0.29) is 12.5 Å². The lowest BCUT2D eigenvalue weighted by molar-refractivity contribution is -0.113. The summed E-state index contributed by atoms with van der Waals surface area (Å²) in [5.74, 6) is 0.603. The molecule has 0 atom stereocenters. The Morgan fingerprint density at radius 2 is 2.25 bits per heavy atom. The van der Waals surface area contributed by atoms with Crippen molar-refractivity contribution in [2.24, 2.45) is 0 Å². The van der Waals surface area contributed by atoms with Crippen molar-refractivity contribution in [2.45, 2.75) is 13.3 Å². The van der Waals surface area contributed by atoms with Gasteiger partial charge in [-0.3, -0.25) is 10.1 Å². The van der Waals surface area contributed by atoms with Crippen molar-refractivity contribution in [3.05, 3.63) is 40.4 Å². The predicted molar refractivity (Wildman–Crippen MR) is 77.8 cm³/mol. The van der Waals surface area contributed by atoms with Gasteiger partial charge in [0.05, 0.1) is 5.57 Å². The van der Waals surface area contributed by atoms with Gasteiger partial charge in [-0.05, 0) is 18.6 Å². The second-order valence-electron chi connectivity index (χ2n) is 4.30. The van der Waals surface area contributed by atoms with Crippen molar-refractivity contribution in [3.8, 4) is 5.75 Å². The van der Waals surface area contributed by atoms with Crippen LogP contribution in [0.1, 0.15) is 17.5 Å². The minimum Gasteiger partial charge on any atom is -0.488 e. The standard InChI is InChI=1S/C14H13N3O2S/c1-2-12-16-17-14(20-12)15-13(18)10-7-9-5-3-4-6-11(9)19-8-10/h3-7H,2,8H2,1H3,(H,15,17,18). The molecule has 5 nitrogen and oxygen atoms in total. The van der Waals surface area contributed by atoms with E-state index in [1.54, 1.807) is 0 Å². The zero-order valence-corrected chi connectivity index (χ0v) is 11.7. The molecule has 0 spiro atoms. The van der Waals surface area contributed by atoms with Gasteiger partial charge in [-0.25, -0.2) is 0 Å². The van der Waals surface area contributed by atoms with E-state index in [2.05, 4.69) is 15.5 Å². The third kappa shape index (κ3) is 2.55. The molecule has 6 heteroatoms. The molecule has 2 heterocycles. The first-order valence-electron chi connectivity index (χ1n) is 6.32. The second kappa shape index (κ2) is 5.42. The number of nitrogens with one attached hydrogen (secondary N) is 1. The minimum absolute atomic E-state index is 0.196. The first-order chi connectivity index (χ1) is 9.76. The van der Waals surface area contributed by atoms with Crippen molar-refractivity contribution >= 4 is 28.5 Å². The number of fused-ring (bicyclic) bond motifs is 1. The zero-order chi connectivity index (χ0) is 13.9. The van der Waals surface area contributed by atoms with Crippen molar-refractivity contribution in [2.75, 3.05) is 11.9 Å². The van der Waals surface area contributed by atoms with E-state index in [0.29, 0.717) is 10.7 Å². The van der Waals surface area contributed by atoms with Crippen LogP contribution in [-0.2, 0) is 11.2 Å². The zero-order valence-electron chi connectivity index (χ0n) is 10.9. The van der Waals surface area contributed by atoms with Crippen LogP contribution in [0.25, 0.3) is 6.08 Å². The van der Waals surface area contributed by atoms with Gasteiger partial charge in [-0.15, -0.1) is 10.2 Å². The van der Waals surface area contributed by atoms with E-state index in [9.17, 15) is 4.79 Å². The molecule has 1 aromatic carbocycles. The Hall–Kier alpha value is -2.21. The molecule has 1 aliphatic rings. The fourth-order valence-electron chi connectivity index (χ4n) is 1.87. The Morgan fingerprint density at radius 1 is 1.40 bits per heavy atom. The van der Waals surface area contributed by atoms with E-state index in [1.165, 1.54) is 11.3 Å². The lowest BCUT2D eigenvalue weighted by atomic mass is 10.1. The number of para-hydroxylation sites is 1. The van der Waals surface area contributed by atoms with E-state index in [0.717, 1.165) is 22.7 Å². The first-order valence-corrected chi connectivity index (χ1v) is 7.14. The van der Waals surface area contributed by atoms with Gasteiger partial charge in [0, 0.05) is 5.56 Å². The number of anilines is 1. The molecule has 1 aromatic heterocycles. The number of carbonyl (C=O) groups is 1. The molecule has 2 aromatic rings. The molecule has 0 saturated carbocycles. The van der Waals surface area contributed by atoms with Gasteiger partial charge in [0.15, 0.2) is 0 Å². The normalized spacial score (nSPS) is 13.2. The van der Waals surface area contributed by atoms with Crippen LogP contribution in [0.3, 0.4) is 0 Å². The third-order valence-corrected chi connectivity index (χ3v) is 3.90. The van der Waals surface area contributed by atoms with Crippen LogP contribution in [0.15, 0.2) is 29.8 Å². The van der Waals surface area contributed by atoms with Crippen LogP contribution in [0, 0.1) is 0 Å². The predicted octanol–water partition coefficient (Wildman–Crippen LogP) is 2.52. The number of aryl methyl sites for hydroxylation is 1. The molecule has 1 aliphatic heterocycles. The highest BCUT2D eigenvalue weighted by atomic mass is 32.1. The summed E-state index contributed by atoms with van der Waals surface area (Å²) in [7, 11) is 0. The minimum atomic E-state index is -0.196. The quantitative estimate of drug-likeness (QED) is 0.942. The van der Waals surface area contributed by atoms with Gasteiger partial charge < -0.3 is 4.74 Å². The van der Waals surface area contributed by atoms with Gasteiger partial charge in [-0.1, -0.05) is 36.5 Å². The Morgan fingerprint density at radius 3 is 3.05 bits per heavy atom. The van der Waals surface area contributed by atoms with Crippen LogP contribution in [0.4, 0.5) is 5.13 Å². The number of benzene rings is 1. The fourth-order valence-corrected chi connectivity index (χ4v) is 2.55. The maximum absolute atomic E-state index is 12.2. The van der Waals surface area contributed by atoms with Crippen LogP contribution in [0.2, 0.25) is 0 Å². The van der Waals surface area contributed by atoms with Gasteiger partial charge in [0.1, 0.15) is 17.4 Å². The Bertz CT molecular complexity index is 679. The Balaban J connectivity index is 1.77. The van der Waals surface area contributed by atoms with Crippen molar-refractivity contribution < 1.29 is 9.53 Å². The maximum atomic E-state index is 12.2. The molecule has 1 N–H and O–H groups in total. The summed E-state index contributed by atoms with van der Waals surface area (Å²) in [5, 5.41) is 12.1. The monoisotopic (exact) mass is 287 g/mol. The van der Waals surface area contributed by atoms with Gasteiger partial charge in [-0.2, -0.15) is 0 Å². The molecule has 0 saturated heterocycles. The summed E-state index contributed by atoms with van der Waals surface area (Å²) < 4.78 is 5.56. The lowest BCUT2D eigenvalue weighted by Crippen LogP contribution is -2.21. The average Bonchev–Trinajstić information content (AvgIpc) is 2.94. The highest BCUT2D eigenvalue weighted by molar-refractivity contribution is 7.15. The largest absolute Gasteiger partial charge is 0.488 e. The van der Waals surface area contributed by atoms with Crippen molar-refractivity contribution in [1.29, 1.82) is 0 Å². The van der Waals surface area contributed by atoms with Crippen LogP contribution < -0.4 is 10.1 Å². The van der Waals surface area contributed by atoms with Crippen LogP contribution >= 0.6 is 11.3 Å². The Kier molecular flexibility index (Phi) is 3.47. The highest BCUT2D eigenvalue weighted by Crippen LogP contribution is 2.26. The van der Waals surface area contributed by atoms with Crippen LogP contribution in [-0.4, -0.2) is 22.7 Å². The second-order valence-corrected chi connectivity index (χ2v) is 5.37. The number of hydrogen-bond donors (Lipinski definition) is 1. The van der Waals surface area contributed by atoms with Gasteiger partial charge >= 0.3 is 0 Å². The maximum Gasteiger partial charge on any atom is 0.256 e. The number of ether oxygens (including phenoxy) is 1. The van der Waals surface area contributed by atoms with E-state index >= 15 is 0 Å². The molecule has 0 aliphatic carbocycles. The molecule has 1 amide bonds. The summed E-state index contributed by atoms with van der Waals surface area (Å²) in [5.41, 5.74) is 1.49.